The van der Waals surface area contributed by atoms with Crippen molar-refractivity contribution < 1.29 is 4.39 Å². The van der Waals surface area contributed by atoms with Crippen molar-refractivity contribution in [3.8, 4) is 0 Å². The third-order valence-electron chi connectivity index (χ3n) is 3.56. The van der Waals surface area contributed by atoms with E-state index in [1.54, 1.807) is 6.07 Å². The van der Waals surface area contributed by atoms with Crippen molar-refractivity contribution in [1.29, 1.82) is 0 Å². The van der Waals surface area contributed by atoms with E-state index in [1.165, 1.54) is 11.6 Å². The average Bonchev–Trinajstić information content (AvgIpc) is 2.42. The second kappa shape index (κ2) is 7.00. The molecule has 0 saturated carbocycles. The summed E-state index contributed by atoms with van der Waals surface area (Å²) in [6, 6.07) is 13.6. The molecule has 0 aliphatic heterocycles. The normalized spacial score (nSPS) is 12.4. The molecule has 106 valence electrons. The summed E-state index contributed by atoms with van der Waals surface area (Å²) < 4.78 is 14.4. The Bertz CT molecular complexity index is 583. The Morgan fingerprint density at radius 2 is 1.95 bits per heavy atom. The number of likely N-dealkylation sites (N-methyl/N-ethyl adjacent to an activating group) is 1. The standard InChI is InChI=1S/C17H19BrFN/c1-12-6-7-16(19)10-14(12)11-17(20-2)9-13-4-3-5-15(18)8-13/h3-8,10,17,20H,9,11H2,1-2H3. The Morgan fingerprint density at radius 1 is 1.15 bits per heavy atom. The second-order valence-corrected chi connectivity index (χ2v) is 6.01. The molecule has 0 aliphatic rings. The molecule has 0 aliphatic carbocycles. The van der Waals surface area contributed by atoms with Crippen LogP contribution in [0.15, 0.2) is 46.9 Å². The first-order valence-corrected chi connectivity index (χ1v) is 7.54. The molecule has 0 saturated heterocycles. The number of rotatable bonds is 5. The number of benzene rings is 2. The number of nitrogens with one attached hydrogen (secondary N) is 1. The van der Waals surface area contributed by atoms with Crippen LogP contribution in [-0.2, 0) is 12.8 Å². The SMILES string of the molecule is CNC(Cc1cccc(Br)c1)Cc1cc(F)ccc1C. The maximum Gasteiger partial charge on any atom is 0.123 e. The van der Waals surface area contributed by atoms with Crippen molar-refractivity contribution in [2.45, 2.75) is 25.8 Å². The van der Waals surface area contributed by atoms with Gasteiger partial charge >= 0.3 is 0 Å². The van der Waals surface area contributed by atoms with E-state index in [2.05, 4.69) is 33.4 Å². The molecule has 2 aromatic carbocycles. The Morgan fingerprint density at radius 3 is 2.65 bits per heavy atom. The van der Waals surface area contributed by atoms with Gasteiger partial charge in [0.05, 0.1) is 0 Å². The van der Waals surface area contributed by atoms with Crippen molar-refractivity contribution >= 4 is 15.9 Å². The zero-order valence-corrected chi connectivity index (χ0v) is 13.4. The lowest BCUT2D eigenvalue weighted by Crippen LogP contribution is -2.30. The molecule has 20 heavy (non-hydrogen) atoms. The quantitative estimate of drug-likeness (QED) is 0.860. The zero-order valence-electron chi connectivity index (χ0n) is 11.8. The van der Waals surface area contributed by atoms with Crippen molar-refractivity contribution in [2.75, 3.05) is 7.05 Å². The zero-order chi connectivity index (χ0) is 14.5. The lowest BCUT2D eigenvalue weighted by Gasteiger charge is -2.18. The van der Waals surface area contributed by atoms with Gasteiger partial charge in [0.25, 0.3) is 0 Å². The molecular weight excluding hydrogens is 317 g/mol. The van der Waals surface area contributed by atoms with E-state index < -0.39 is 0 Å². The van der Waals surface area contributed by atoms with Crippen LogP contribution in [0.5, 0.6) is 0 Å². The minimum Gasteiger partial charge on any atom is -0.316 e. The first-order valence-electron chi connectivity index (χ1n) is 6.75. The van der Waals surface area contributed by atoms with Crippen LogP contribution in [0.4, 0.5) is 4.39 Å². The molecule has 0 aromatic heterocycles. The van der Waals surface area contributed by atoms with Crippen LogP contribution >= 0.6 is 15.9 Å². The molecule has 0 amide bonds. The topological polar surface area (TPSA) is 12.0 Å². The third-order valence-corrected chi connectivity index (χ3v) is 4.05. The predicted octanol–water partition coefficient (Wildman–Crippen LogP) is 4.27. The van der Waals surface area contributed by atoms with Gasteiger partial charge in [-0.15, -0.1) is 0 Å². The van der Waals surface area contributed by atoms with Crippen molar-refractivity contribution in [1.82, 2.24) is 5.32 Å². The lowest BCUT2D eigenvalue weighted by molar-refractivity contribution is 0.551. The van der Waals surface area contributed by atoms with Crippen LogP contribution in [0, 0.1) is 12.7 Å². The molecule has 0 fully saturated rings. The monoisotopic (exact) mass is 335 g/mol. The smallest absolute Gasteiger partial charge is 0.123 e. The van der Waals surface area contributed by atoms with Crippen LogP contribution in [0.1, 0.15) is 16.7 Å². The van der Waals surface area contributed by atoms with Gasteiger partial charge in [0.1, 0.15) is 5.82 Å². The fourth-order valence-electron chi connectivity index (χ4n) is 2.35. The molecule has 0 spiro atoms. The van der Waals surface area contributed by atoms with E-state index in [4.69, 9.17) is 0 Å². The van der Waals surface area contributed by atoms with E-state index >= 15 is 0 Å². The van der Waals surface area contributed by atoms with E-state index in [9.17, 15) is 4.39 Å². The molecule has 2 aromatic rings. The molecular formula is C17H19BrFN. The Kier molecular flexibility index (Phi) is 5.32. The summed E-state index contributed by atoms with van der Waals surface area (Å²) >= 11 is 3.49. The number of aryl methyl sites for hydroxylation is 1. The summed E-state index contributed by atoms with van der Waals surface area (Å²) in [6.07, 6.45) is 1.75. The summed E-state index contributed by atoms with van der Waals surface area (Å²) in [7, 11) is 1.96. The van der Waals surface area contributed by atoms with Crippen molar-refractivity contribution in [3.63, 3.8) is 0 Å². The van der Waals surface area contributed by atoms with Gasteiger partial charge in [-0.2, -0.15) is 0 Å². The minimum atomic E-state index is -0.164. The van der Waals surface area contributed by atoms with E-state index in [1.807, 2.05) is 32.2 Å². The molecule has 1 unspecified atom stereocenters. The maximum atomic E-state index is 13.4. The van der Waals surface area contributed by atoms with E-state index in [-0.39, 0.29) is 5.82 Å². The highest BCUT2D eigenvalue weighted by atomic mass is 79.9. The average molecular weight is 336 g/mol. The van der Waals surface area contributed by atoms with E-state index in [0.29, 0.717) is 6.04 Å². The van der Waals surface area contributed by atoms with Crippen molar-refractivity contribution in [3.05, 3.63) is 69.4 Å². The first-order chi connectivity index (χ1) is 9.58. The Labute approximate surface area is 128 Å². The van der Waals surface area contributed by atoms with Gasteiger partial charge in [-0.25, -0.2) is 4.39 Å². The lowest BCUT2D eigenvalue weighted by atomic mass is 9.96. The largest absolute Gasteiger partial charge is 0.316 e. The molecule has 0 heterocycles. The number of halogens is 2. The fraction of sp³-hybridized carbons (Fsp3) is 0.294. The van der Waals surface area contributed by atoms with Gasteiger partial charge in [-0.05, 0) is 67.8 Å². The summed E-state index contributed by atoms with van der Waals surface area (Å²) in [5.74, 6) is -0.164. The van der Waals surface area contributed by atoms with Gasteiger partial charge in [0.2, 0.25) is 0 Å². The molecule has 2 rings (SSSR count). The van der Waals surface area contributed by atoms with Crippen LogP contribution < -0.4 is 5.32 Å². The summed E-state index contributed by atoms with van der Waals surface area (Å²) in [5, 5.41) is 3.33. The molecule has 0 bridgehead atoms. The predicted molar refractivity (Wildman–Crippen MR) is 85.5 cm³/mol. The minimum absolute atomic E-state index is 0.164. The molecule has 3 heteroatoms. The summed E-state index contributed by atoms with van der Waals surface area (Å²) in [5.41, 5.74) is 3.48. The molecule has 1 nitrogen and oxygen atoms in total. The van der Waals surface area contributed by atoms with Crippen molar-refractivity contribution in [2.24, 2.45) is 0 Å². The Balaban J connectivity index is 2.11. The highest BCUT2D eigenvalue weighted by Crippen LogP contribution is 2.17. The molecule has 1 N–H and O–H groups in total. The van der Waals surface area contributed by atoms with Gasteiger partial charge in [0.15, 0.2) is 0 Å². The Hall–Kier alpha value is -1.19. The highest BCUT2D eigenvalue weighted by Gasteiger charge is 2.11. The van der Waals surface area contributed by atoms with E-state index in [0.717, 1.165) is 28.4 Å². The van der Waals surface area contributed by atoms with Crippen LogP contribution in [0.2, 0.25) is 0 Å². The highest BCUT2D eigenvalue weighted by molar-refractivity contribution is 9.10. The number of hydrogen-bond donors (Lipinski definition) is 1. The van der Waals surface area contributed by atoms with Gasteiger partial charge in [0, 0.05) is 10.5 Å². The van der Waals surface area contributed by atoms with Crippen LogP contribution in [0.25, 0.3) is 0 Å². The summed E-state index contributed by atoms with van der Waals surface area (Å²) in [4.78, 5) is 0. The third kappa shape index (κ3) is 4.15. The second-order valence-electron chi connectivity index (χ2n) is 5.09. The molecule has 0 radical (unpaired) electrons. The first kappa shape index (κ1) is 15.2. The van der Waals surface area contributed by atoms with Crippen LogP contribution in [0.3, 0.4) is 0 Å². The van der Waals surface area contributed by atoms with Gasteiger partial charge in [-0.1, -0.05) is 34.1 Å². The van der Waals surface area contributed by atoms with Gasteiger partial charge in [-0.3, -0.25) is 0 Å². The fourth-order valence-corrected chi connectivity index (χ4v) is 2.80. The van der Waals surface area contributed by atoms with Crippen LogP contribution in [-0.4, -0.2) is 13.1 Å². The molecule has 1 atom stereocenters. The summed E-state index contributed by atoms with van der Waals surface area (Å²) in [6.45, 7) is 2.03. The maximum absolute atomic E-state index is 13.4. The van der Waals surface area contributed by atoms with Gasteiger partial charge < -0.3 is 5.32 Å². The number of hydrogen-bond acceptors (Lipinski definition) is 1.